The zero-order valence-corrected chi connectivity index (χ0v) is 37.2. The molecule has 1 aromatic rings. The van der Waals surface area contributed by atoms with E-state index >= 15 is 0 Å². The number of likely N-dealkylation sites (tertiary alicyclic amines) is 1. The first-order valence-corrected chi connectivity index (χ1v) is 21.6. The highest BCUT2D eigenvalue weighted by molar-refractivity contribution is 6.33. The summed E-state index contributed by atoms with van der Waals surface area (Å²) in [6.07, 6.45) is -6.47. The highest BCUT2D eigenvalue weighted by atomic mass is 35.5. The van der Waals surface area contributed by atoms with Crippen molar-refractivity contribution in [3.8, 4) is 0 Å². The van der Waals surface area contributed by atoms with E-state index in [0.29, 0.717) is 39.8 Å². The maximum atomic E-state index is 14.6. The number of aliphatic hydroxyl groups is 1. The Balaban J connectivity index is 1.64. The van der Waals surface area contributed by atoms with Gasteiger partial charge in [0.2, 0.25) is 41.0 Å². The summed E-state index contributed by atoms with van der Waals surface area (Å²) in [6, 6.07) is -2.92. The minimum Gasteiger partial charge on any atom is -0.373 e. The van der Waals surface area contributed by atoms with Gasteiger partial charge in [-0.05, 0) is 81.5 Å². The molecule has 3 saturated heterocycles. The van der Waals surface area contributed by atoms with Crippen LogP contribution < -0.4 is 16.0 Å². The zero-order chi connectivity index (χ0) is 46.4. The fraction of sp³-hybridized carbons (Fsp3) is 0.683. The third kappa shape index (κ3) is 11.7. The molecule has 0 spiro atoms. The second-order valence-corrected chi connectivity index (χ2v) is 17.7. The lowest BCUT2D eigenvalue weighted by Crippen LogP contribution is -2.61. The summed E-state index contributed by atoms with van der Waals surface area (Å²) in [5.74, 6) is -6.30. The van der Waals surface area contributed by atoms with Crippen LogP contribution in [0.15, 0.2) is 18.2 Å². The molecule has 15 nitrogen and oxygen atoms in total. The maximum Gasteiger partial charge on any atom is 0.426 e. The molecule has 0 radical (unpaired) electrons. The third-order valence-electron chi connectivity index (χ3n) is 11.8. The highest BCUT2D eigenvalue weighted by Crippen LogP contribution is 2.35. The summed E-state index contributed by atoms with van der Waals surface area (Å²) >= 11 is 12.8. The second-order valence-electron chi connectivity index (χ2n) is 16.9. The molecule has 3 heterocycles. The van der Waals surface area contributed by atoms with Gasteiger partial charge >= 0.3 is 6.18 Å². The number of hydrogen-bond acceptors (Lipinski definition) is 8. The maximum absolute atomic E-state index is 14.6. The first-order chi connectivity index (χ1) is 28.9. The molecule has 0 saturated carbocycles. The minimum atomic E-state index is -5.43. The summed E-state index contributed by atoms with van der Waals surface area (Å²) in [5.41, 5.74) is -3.45. The molecular weight excluding hydrogens is 865 g/mol. The van der Waals surface area contributed by atoms with Crippen LogP contribution in [0, 0.1) is 5.92 Å². The Morgan fingerprint density at radius 2 is 1.71 bits per heavy atom. The van der Waals surface area contributed by atoms with E-state index in [1.165, 1.54) is 30.8 Å². The van der Waals surface area contributed by atoms with E-state index < -0.39 is 103 Å². The van der Waals surface area contributed by atoms with E-state index in [0.717, 1.165) is 4.90 Å². The van der Waals surface area contributed by atoms with Crippen molar-refractivity contribution < 1.29 is 56.2 Å². The fourth-order valence-corrected chi connectivity index (χ4v) is 8.50. The van der Waals surface area contributed by atoms with Gasteiger partial charge in [0, 0.05) is 50.1 Å². The predicted octanol–water partition coefficient (Wildman–Crippen LogP) is 3.16. The Morgan fingerprint density at radius 1 is 1.03 bits per heavy atom. The highest BCUT2D eigenvalue weighted by Gasteiger charge is 2.59. The van der Waals surface area contributed by atoms with Gasteiger partial charge in [0.15, 0.2) is 0 Å². The standard InChI is InChI=1S/C41H57Cl2F4N7O8/c1-7-27(49-35(57)31-20-25(44)21-54(31)39(61)40(4,62)41(45,46)47)36(58)51(5)29-11-8-9-15-48-33(55)30-12-10-16-53(30)38(60)32(19-23-18-24(42)13-14-26(23)43)52(6)37(59)28(17-22(2)3)50-34(29)56/h13-14,18,22,25,27-32,62H,7-12,15-17,19-21H2,1-6H3,(H,48,55)(H,49,57)(H,50,56)/t25-,27+,28+,29+,30-,31+,32+,40-/m1/s1. The Kier molecular flexibility index (Phi) is 17.0. The Bertz CT molecular complexity index is 1860. The van der Waals surface area contributed by atoms with Gasteiger partial charge in [-0.25, -0.2) is 4.39 Å². The molecule has 4 N–H and O–H groups in total. The van der Waals surface area contributed by atoms with Crippen LogP contribution in [0.2, 0.25) is 10.0 Å². The number of benzene rings is 1. The van der Waals surface area contributed by atoms with Crippen molar-refractivity contribution in [2.45, 2.75) is 140 Å². The van der Waals surface area contributed by atoms with E-state index in [4.69, 9.17) is 23.2 Å². The number of halogens is 6. The van der Waals surface area contributed by atoms with Crippen LogP contribution in [0.1, 0.15) is 84.6 Å². The number of fused-ring (bicyclic) bond motifs is 1. The number of nitrogens with zero attached hydrogens (tertiary/aromatic N) is 4. The van der Waals surface area contributed by atoms with Crippen molar-refractivity contribution in [1.29, 1.82) is 0 Å². The van der Waals surface area contributed by atoms with Crippen LogP contribution in [-0.4, -0.2) is 154 Å². The molecule has 4 rings (SSSR count). The average molecular weight is 923 g/mol. The molecule has 62 heavy (non-hydrogen) atoms. The predicted molar refractivity (Wildman–Crippen MR) is 220 cm³/mol. The number of rotatable bonds is 10. The second kappa shape index (κ2) is 21.0. The van der Waals surface area contributed by atoms with Gasteiger partial charge in [0.25, 0.3) is 5.91 Å². The number of alkyl halides is 4. The Hall–Kier alpha value is -4.23. The molecule has 7 amide bonds. The van der Waals surface area contributed by atoms with Gasteiger partial charge in [0.1, 0.15) is 42.4 Å². The van der Waals surface area contributed by atoms with E-state index in [2.05, 4.69) is 16.0 Å². The average Bonchev–Trinajstić information content (AvgIpc) is 3.86. The number of nitrogens with one attached hydrogen (secondary N) is 3. The molecule has 346 valence electrons. The van der Waals surface area contributed by atoms with Crippen molar-refractivity contribution in [3.63, 3.8) is 0 Å². The molecule has 3 aliphatic heterocycles. The van der Waals surface area contributed by atoms with Gasteiger partial charge in [-0.1, -0.05) is 44.0 Å². The molecule has 0 bridgehead atoms. The SMILES string of the molecule is CC[C@H](NC(=O)[C@@H]1C[C@@H](F)CN1C(=O)[C@@](C)(O)C(F)(F)F)C(=O)N(C)[C@H]1CCCCNC(=O)[C@H]2CCCN2C(=O)[C@H](Cc2cc(Cl)ccc2Cl)N(C)C(=O)[C@H](CC(C)C)NC1=O. The first kappa shape index (κ1) is 50.4. The summed E-state index contributed by atoms with van der Waals surface area (Å²) < 4.78 is 55.2. The lowest BCUT2D eigenvalue weighted by Gasteiger charge is -2.37. The zero-order valence-electron chi connectivity index (χ0n) is 35.7. The van der Waals surface area contributed by atoms with Crippen LogP contribution in [-0.2, 0) is 40.0 Å². The molecule has 1 aromatic carbocycles. The molecule has 3 aliphatic rings. The van der Waals surface area contributed by atoms with Crippen LogP contribution in [0.4, 0.5) is 17.6 Å². The van der Waals surface area contributed by atoms with Gasteiger partial charge in [0.05, 0.1) is 6.54 Å². The monoisotopic (exact) mass is 921 g/mol. The molecule has 3 fully saturated rings. The molecule has 0 unspecified atom stereocenters. The van der Waals surface area contributed by atoms with Gasteiger partial charge < -0.3 is 40.7 Å². The van der Waals surface area contributed by atoms with Crippen LogP contribution >= 0.6 is 23.2 Å². The van der Waals surface area contributed by atoms with Gasteiger partial charge in [-0.2, -0.15) is 13.2 Å². The molecular formula is C41H57Cl2F4N7O8. The van der Waals surface area contributed by atoms with Crippen molar-refractivity contribution in [1.82, 2.24) is 35.6 Å². The van der Waals surface area contributed by atoms with E-state index in [1.807, 2.05) is 13.8 Å². The number of likely N-dealkylation sites (N-methyl/N-ethyl adjacent to an activating group) is 2. The first-order valence-electron chi connectivity index (χ1n) is 20.8. The topological polar surface area (TPSA) is 189 Å². The molecule has 0 aromatic heterocycles. The smallest absolute Gasteiger partial charge is 0.373 e. The summed E-state index contributed by atoms with van der Waals surface area (Å²) in [5, 5.41) is 18.7. The number of carbonyl (C=O) groups excluding carboxylic acids is 7. The van der Waals surface area contributed by atoms with Gasteiger partial charge in [-0.3, -0.25) is 33.6 Å². The van der Waals surface area contributed by atoms with E-state index in [1.54, 1.807) is 18.2 Å². The number of hydrogen-bond donors (Lipinski definition) is 4. The number of amides is 7. The molecule has 0 aliphatic carbocycles. The lowest BCUT2D eigenvalue weighted by atomic mass is 9.98. The number of carbonyl (C=O) groups is 7. The largest absolute Gasteiger partial charge is 0.426 e. The Labute approximate surface area is 368 Å². The van der Waals surface area contributed by atoms with E-state index in [9.17, 15) is 56.2 Å². The Morgan fingerprint density at radius 3 is 2.34 bits per heavy atom. The van der Waals surface area contributed by atoms with Crippen molar-refractivity contribution >= 4 is 64.6 Å². The fourth-order valence-electron chi connectivity index (χ4n) is 8.11. The molecule has 21 heteroatoms. The normalized spacial score (nSPS) is 26.1. The summed E-state index contributed by atoms with van der Waals surface area (Å²) in [6.45, 7) is 4.92. The van der Waals surface area contributed by atoms with Crippen molar-refractivity contribution in [3.05, 3.63) is 33.8 Å². The van der Waals surface area contributed by atoms with Crippen LogP contribution in [0.25, 0.3) is 0 Å². The quantitative estimate of drug-likeness (QED) is 0.258. The minimum absolute atomic E-state index is 0.0254. The summed E-state index contributed by atoms with van der Waals surface area (Å²) in [4.78, 5) is 101. The van der Waals surface area contributed by atoms with Crippen LogP contribution in [0.3, 0.4) is 0 Å². The lowest BCUT2D eigenvalue weighted by molar-refractivity contribution is -0.250. The van der Waals surface area contributed by atoms with Crippen LogP contribution in [0.5, 0.6) is 0 Å². The molecule has 8 atom stereocenters. The van der Waals surface area contributed by atoms with E-state index in [-0.39, 0.29) is 63.9 Å². The third-order valence-corrected chi connectivity index (χ3v) is 12.4. The summed E-state index contributed by atoms with van der Waals surface area (Å²) in [7, 11) is 2.72. The van der Waals surface area contributed by atoms with Crippen molar-refractivity contribution in [2.24, 2.45) is 5.92 Å². The van der Waals surface area contributed by atoms with Crippen molar-refractivity contribution in [2.75, 3.05) is 33.7 Å². The van der Waals surface area contributed by atoms with Gasteiger partial charge in [-0.15, -0.1) is 0 Å².